The summed E-state index contributed by atoms with van der Waals surface area (Å²) in [5.41, 5.74) is 0.975. The van der Waals surface area contributed by atoms with Crippen LogP contribution in [0.15, 0.2) is 11.6 Å². The van der Waals surface area contributed by atoms with Crippen molar-refractivity contribution in [1.29, 1.82) is 0 Å². The second-order valence-corrected chi connectivity index (χ2v) is 12.0. The molecule has 0 aliphatic rings. The quantitative estimate of drug-likeness (QED) is 0.271. The molecule has 0 amide bonds. The zero-order chi connectivity index (χ0) is 16.7. The van der Waals surface area contributed by atoms with Gasteiger partial charge in [-0.3, -0.25) is 0 Å². The highest BCUT2D eigenvalue weighted by molar-refractivity contribution is 6.74. The number of ether oxygens (including phenoxy) is 1. The van der Waals surface area contributed by atoms with Crippen LogP contribution in [0, 0.1) is 0 Å². The van der Waals surface area contributed by atoms with Gasteiger partial charge in [-0.05, 0) is 37.0 Å². The number of rotatable bonds is 8. The molecule has 0 rings (SSSR count). The topological polar surface area (TPSA) is 35.5 Å². The van der Waals surface area contributed by atoms with Gasteiger partial charge in [0.1, 0.15) is 0 Å². The summed E-state index contributed by atoms with van der Waals surface area (Å²) in [6.07, 6.45) is 6.08. The molecule has 0 aromatic carbocycles. The van der Waals surface area contributed by atoms with Crippen molar-refractivity contribution in [2.45, 2.75) is 84.5 Å². The van der Waals surface area contributed by atoms with Crippen molar-refractivity contribution in [2.24, 2.45) is 0 Å². The van der Waals surface area contributed by atoms with E-state index in [4.69, 9.17) is 9.16 Å². The molecule has 0 aromatic rings. The minimum Gasteiger partial charge on any atom is -0.466 e. The average Bonchev–Trinajstić information content (AvgIpc) is 2.36. The number of hydrogen-bond acceptors (Lipinski definition) is 3. The molecule has 4 heteroatoms. The van der Waals surface area contributed by atoms with E-state index in [9.17, 15) is 4.79 Å². The number of unbranched alkanes of at least 4 members (excludes halogenated alkanes) is 2. The van der Waals surface area contributed by atoms with Crippen molar-refractivity contribution in [2.75, 3.05) is 7.11 Å². The van der Waals surface area contributed by atoms with E-state index in [-0.39, 0.29) is 17.1 Å². The highest BCUT2D eigenvalue weighted by Crippen LogP contribution is 2.38. The predicted molar refractivity (Wildman–Crippen MR) is 92.0 cm³/mol. The molecule has 0 aliphatic carbocycles. The summed E-state index contributed by atoms with van der Waals surface area (Å²) >= 11 is 0. The monoisotopic (exact) mass is 314 g/mol. The molecule has 21 heavy (non-hydrogen) atoms. The van der Waals surface area contributed by atoms with Gasteiger partial charge in [0.15, 0.2) is 8.32 Å². The maximum absolute atomic E-state index is 11.5. The maximum atomic E-state index is 11.5. The van der Waals surface area contributed by atoms with Crippen LogP contribution in [-0.4, -0.2) is 27.5 Å². The van der Waals surface area contributed by atoms with E-state index in [0.29, 0.717) is 0 Å². The summed E-state index contributed by atoms with van der Waals surface area (Å²) in [7, 11) is -0.435. The molecule has 3 nitrogen and oxygen atoms in total. The first-order chi connectivity index (χ1) is 9.55. The standard InChI is InChI=1S/C17H34O3Si/c1-9-10-11-12-15(14(2)13-16(18)19-6)20-21(7,8)17(3,4)5/h13,15H,9-12H2,1-8H3/b14-13-. The fraction of sp³-hybridized carbons (Fsp3) is 0.824. The van der Waals surface area contributed by atoms with Crippen LogP contribution >= 0.6 is 0 Å². The molecule has 0 aliphatic heterocycles. The van der Waals surface area contributed by atoms with E-state index < -0.39 is 8.32 Å². The van der Waals surface area contributed by atoms with Crippen molar-refractivity contribution >= 4 is 14.3 Å². The van der Waals surface area contributed by atoms with Crippen LogP contribution in [0.1, 0.15) is 60.3 Å². The van der Waals surface area contributed by atoms with Crippen molar-refractivity contribution in [3.63, 3.8) is 0 Å². The zero-order valence-electron chi connectivity index (χ0n) is 15.2. The molecule has 124 valence electrons. The summed E-state index contributed by atoms with van der Waals surface area (Å²) in [6.45, 7) is 15.4. The second-order valence-electron chi connectivity index (χ2n) is 7.27. The van der Waals surface area contributed by atoms with E-state index >= 15 is 0 Å². The minimum absolute atomic E-state index is 0.0246. The summed E-state index contributed by atoms with van der Waals surface area (Å²) in [4.78, 5) is 11.5. The molecule has 0 saturated heterocycles. The third kappa shape index (κ3) is 7.27. The van der Waals surface area contributed by atoms with E-state index in [2.05, 4.69) is 40.8 Å². The fourth-order valence-electron chi connectivity index (χ4n) is 1.83. The SMILES string of the molecule is CCCCCC(O[Si](C)(C)C(C)(C)C)/C(C)=C\C(=O)OC. The highest BCUT2D eigenvalue weighted by atomic mass is 28.4. The van der Waals surface area contributed by atoms with Crippen LogP contribution in [-0.2, 0) is 14.0 Å². The van der Waals surface area contributed by atoms with Gasteiger partial charge in [-0.1, -0.05) is 47.0 Å². The van der Waals surface area contributed by atoms with E-state index in [1.807, 2.05) is 6.92 Å². The van der Waals surface area contributed by atoms with Gasteiger partial charge in [-0.25, -0.2) is 4.79 Å². The van der Waals surface area contributed by atoms with Crippen LogP contribution < -0.4 is 0 Å². The van der Waals surface area contributed by atoms with Crippen molar-refractivity contribution in [3.8, 4) is 0 Å². The molecule has 0 spiro atoms. The number of carbonyl (C=O) groups is 1. The predicted octanol–water partition coefficient (Wildman–Crippen LogP) is 5.08. The molecule has 1 unspecified atom stereocenters. The Bertz CT molecular complexity index is 354. The lowest BCUT2D eigenvalue weighted by molar-refractivity contribution is -0.134. The van der Waals surface area contributed by atoms with Crippen LogP contribution in [0.5, 0.6) is 0 Å². The van der Waals surface area contributed by atoms with Gasteiger partial charge in [0.2, 0.25) is 0 Å². The lowest BCUT2D eigenvalue weighted by Gasteiger charge is -2.39. The number of hydrogen-bond donors (Lipinski definition) is 0. The Morgan fingerprint density at radius 1 is 1.24 bits per heavy atom. The molecular weight excluding hydrogens is 280 g/mol. The van der Waals surface area contributed by atoms with E-state index in [0.717, 1.165) is 18.4 Å². The molecule has 0 N–H and O–H groups in total. The van der Waals surface area contributed by atoms with Gasteiger partial charge in [0, 0.05) is 6.08 Å². The Morgan fingerprint density at radius 2 is 1.81 bits per heavy atom. The summed E-state index contributed by atoms with van der Waals surface area (Å²) < 4.78 is 11.3. The number of carbonyl (C=O) groups excluding carboxylic acids is 1. The van der Waals surface area contributed by atoms with Crippen LogP contribution in [0.4, 0.5) is 0 Å². The first-order valence-electron chi connectivity index (χ1n) is 7.99. The molecule has 0 saturated carbocycles. The van der Waals surface area contributed by atoms with Crippen LogP contribution in [0.3, 0.4) is 0 Å². The molecule has 0 fully saturated rings. The van der Waals surface area contributed by atoms with Crippen molar-refractivity contribution in [3.05, 3.63) is 11.6 Å². The molecule has 0 heterocycles. The summed E-state index contributed by atoms with van der Waals surface area (Å²) in [5, 5.41) is 0.168. The van der Waals surface area contributed by atoms with Gasteiger partial charge < -0.3 is 9.16 Å². The van der Waals surface area contributed by atoms with Gasteiger partial charge >= 0.3 is 5.97 Å². The first-order valence-corrected chi connectivity index (χ1v) is 10.9. The maximum Gasteiger partial charge on any atom is 0.330 e. The largest absolute Gasteiger partial charge is 0.466 e. The number of esters is 1. The van der Waals surface area contributed by atoms with Crippen molar-refractivity contribution in [1.82, 2.24) is 0 Å². The lowest BCUT2D eigenvalue weighted by Crippen LogP contribution is -2.44. The van der Waals surface area contributed by atoms with Crippen LogP contribution in [0.25, 0.3) is 0 Å². The van der Waals surface area contributed by atoms with E-state index in [1.54, 1.807) is 6.08 Å². The first kappa shape index (κ1) is 20.4. The Morgan fingerprint density at radius 3 is 2.24 bits per heavy atom. The molecule has 0 radical (unpaired) electrons. The molecular formula is C17H34O3Si. The smallest absolute Gasteiger partial charge is 0.330 e. The Labute approximate surface area is 132 Å². The molecule has 1 atom stereocenters. The third-order valence-electron chi connectivity index (χ3n) is 4.37. The Hall–Kier alpha value is -0.613. The van der Waals surface area contributed by atoms with Gasteiger partial charge in [-0.2, -0.15) is 0 Å². The lowest BCUT2D eigenvalue weighted by atomic mass is 10.0. The van der Waals surface area contributed by atoms with Gasteiger partial charge in [0.25, 0.3) is 0 Å². The fourth-order valence-corrected chi connectivity index (χ4v) is 3.20. The van der Waals surface area contributed by atoms with Gasteiger partial charge in [0.05, 0.1) is 13.2 Å². The van der Waals surface area contributed by atoms with E-state index in [1.165, 1.54) is 20.0 Å². The molecule has 0 aromatic heterocycles. The molecule has 0 bridgehead atoms. The third-order valence-corrected chi connectivity index (χ3v) is 8.85. The summed E-state index contributed by atoms with van der Waals surface area (Å²) in [6, 6.07) is 0. The number of methoxy groups -OCH3 is 1. The van der Waals surface area contributed by atoms with Crippen LogP contribution in [0.2, 0.25) is 18.1 Å². The average molecular weight is 315 g/mol. The normalized spacial score (nSPS) is 15.0. The Balaban J connectivity index is 5.06. The second kappa shape index (κ2) is 8.74. The Kier molecular flexibility index (Phi) is 8.48. The van der Waals surface area contributed by atoms with Gasteiger partial charge in [-0.15, -0.1) is 0 Å². The highest BCUT2D eigenvalue weighted by Gasteiger charge is 2.39. The van der Waals surface area contributed by atoms with Crippen molar-refractivity contribution < 1.29 is 14.0 Å². The minimum atomic E-state index is -1.85. The summed E-state index contributed by atoms with van der Waals surface area (Å²) in [5.74, 6) is -0.299. The zero-order valence-corrected chi connectivity index (χ0v) is 16.2.